The van der Waals surface area contributed by atoms with Gasteiger partial charge in [0.15, 0.2) is 0 Å². The predicted octanol–water partition coefficient (Wildman–Crippen LogP) is 2.83. The number of carbonyl (C=O) groups excluding carboxylic acids is 3. The molecular formula is C27H43N3O9. The summed E-state index contributed by atoms with van der Waals surface area (Å²) in [7, 11) is 0. The zero-order valence-electron chi connectivity index (χ0n) is 23.5. The van der Waals surface area contributed by atoms with Gasteiger partial charge in [0, 0.05) is 19.0 Å². The second-order valence-electron chi connectivity index (χ2n) is 10.1. The molecule has 3 amide bonds. The van der Waals surface area contributed by atoms with E-state index >= 15 is 0 Å². The van der Waals surface area contributed by atoms with Gasteiger partial charge in [0.05, 0.1) is 44.5 Å². The van der Waals surface area contributed by atoms with E-state index in [9.17, 15) is 29.4 Å². The van der Waals surface area contributed by atoms with Crippen molar-refractivity contribution >= 4 is 29.6 Å². The number of rotatable bonds is 17. The highest BCUT2D eigenvalue weighted by Crippen LogP contribution is 2.26. The molecule has 0 aliphatic heterocycles. The number of carboxylic acids is 1. The Morgan fingerprint density at radius 3 is 2.28 bits per heavy atom. The van der Waals surface area contributed by atoms with E-state index in [-0.39, 0.29) is 55.7 Å². The van der Waals surface area contributed by atoms with Crippen molar-refractivity contribution in [3.8, 4) is 5.75 Å². The van der Waals surface area contributed by atoms with Crippen LogP contribution in [0.15, 0.2) is 18.2 Å². The summed E-state index contributed by atoms with van der Waals surface area (Å²) < 4.78 is 16.0. The molecule has 0 bridgehead atoms. The molecule has 0 saturated carbocycles. The van der Waals surface area contributed by atoms with Crippen LogP contribution in [-0.4, -0.2) is 78.7 Å². The van der Waals surface area contributed by atoms with Crippen molar-refractivity contribution in [1.82, 2.24) is 10.6 Å². The molecule has 0 fully saturated rings. The van der Waals surface area contributed by atoms with E-state index in [1.54, 1.807) is 46.8 Å². The lowest BCUT2D eigenvalue weighted by atomic mass is 9.96. The average molecular weight is 554 g/mol. The number of hydrogen-bond donors (Lipinski definition) is 5. The summed E-state index contributed by atoms with van der Waals surface area (Å²) in [6.45, 7) is 10.1. The first-order valence-electron chi connectivity index (χ1n) is 13.1. The number of carboxylic acid groups (broad SMARTS) is 1. The number of hydrogen-bond acceptors (Lipinski definition) is 8. The molecule has 1 unspecified atom stereocenters. The van der Waals surface area contributed by atoms with E-state index in [1.165, 1.54) is 6.07 Å². The molecule has 39 heavy (non-hydrogen) atoms. The second-order valence-corrected chi connectivity index (χ2v) is 10.1. The maximum atomic E-state index is 12.4. The number of aromatic hydroxyl groups is 1. The van der Waals surface area contributed by atoms with E-state index in [0.29, 0.717) is 31.7 Å². The van der Waals surface area contributed by atoms with E-state index in [1.807, 2.05) is 0 Å². The van der Waals surface area contributed by atoms with E-state index in [4.69, 9.17) is 14.2 Å². The summed E-state index contributed by atoms with van der Waals surface area (Å²) in [5.74, 6) is -2.24. The monoisotopic (exact) mass is 553 g/mol. The molecule has 12 heteroatoms. The fraction of sp³-hybridized carbons (Fsp3) is 0.630. The third-order valence-electron chi connectivity index (χ3n) is 5.33. The SMILES string of the molecule is CCC(=O)NCCOCCOCCC(=O)Nc1cc(C[C@@H](CC(C)C(=O)O)NC(=O)OC(C)(C)C)ccc1O. The Bertz CT molecular complexity index is 947. The van der Waals surface area contributed by atoms with E-state index in [2.05, 4.69) is 16.0 Å². The van der Waals surface area contributed by atoms with Crippen LogP contribution < -0.4 is 16.0 Å². The molecule has 0 aliphatic carbocycles. The summed E-state index contributed by atoms with van der Waals surface area (Å²) in [5.41, 5.74) is 0.148. The van der Waals surface area contributed by atoms with Gasteiger partial charge >= 0.3 is 12.1 Å². The lowest BCUT2D eigenvalue weighted by Crippen LogP contribution is -2.41. The molecule has 1 rings (SSSR count). The van der Waals surface area contributed by atoms with Crippen LogP contribution in [0.5, 0.6) is 5.75 Å². The van der Waals surface area contributed by atoms with Crippen molar-refractivity contribution in [2.75, 3.05) is 38.3 Å². The number of amides is 3. The third kappa shape index (κ3) is 15.6. The zero-order chi connectivity index (χ0) is 29.4. The van der Waals surface area contributed by atoms with Gasteiger partial charge in [0.25, 0.3) is 0 Å². The quantitative estimate of drug-likeness (QED) is 0.144. The maximum absolute atomic E-state index is 12.4. The topological polar surface area (TPSA) is 173 Å². The van der Waals surface area contributed by atoms with Crippen LogP contribution in [-0.2, 0) is 35.0 Å². The normalized spacial score (nSPS) is 12.7. The maximum Gasteiger partial charge on any atom is 0.407 e. The zero-order valence-corrected chi connectivity index (χ0v) is 23.5. The molecule has 12 nitrogen and oxygen atoms in total. The van der Waals surface area contributed by atoms with Crippen LogP contribution in [0.4, 0.5) is 10.5 Å². The fourth-order valence-corrected chi connectivity index (χ4v) is 3.38. The number of carbonyl (C=O) groups is 4. The number of phenols is 1. The fourth-order valence-electron chi connectivity index (χ4n) is 3.38. The van der Waals surface area contributed by atoms with Gasteiger partial charge in [-0.05, 0) is 51.3 Å². The van der Waals surface area contributed by atoms with Crippen molar-refractivity contribution < 1.29 is 43.6 Å². The Morgan fingerprint density at radius 1 is 1.00 bits per heavy atom. The molecule has 0 spiro atoms. The Labute approximate surface area is 229 Å². The summed E-state index contributed by atoms with van der Waals surface area (Å²) >= 11 is 0. The van der Waals surface area contributed by atoms with Crippen molar-refractivity contribution in [2.45, 2.75) is 71.9 Å². The number of benzene rings is 1. The number of aliphatic carboxylic acids is 1. The molecule has 0 aromatic heterocycles. The standard InChI is InChI=1S/C27H43N3O9/c1-6-23(32)28-10-12-38-14-13-37-11-9-24(33)30-21-17-19(7-8-22(21)31)16-20(15-18(2)25(34)35)29-26(36)39-27(3,4)5/h7-8,17-18,20,31H,6,9-16H2,1-5H3,(H,28,32)(H,29,36)(H,30,33)(H,34,35)/t18?,20-/m1/s1. The summed E-state index contributed by atoms with van der Waals surface area (Å²) in [6.07, 6.45) is 0.225. The molecule has 0 saturated heterocycles. The molecule has 5 N–H and O–H groups in total. The van der Waals surface area contributed by atoms with Gasteiger partial charge in [-0.15, -0.1) is 0 Å². The van der Waals surface area contributed by atoms with Gasteiger partial charge in [0.1, 0.15) is 11.4 Å². The Hall–Kier alpha value is -3.38. The van der Waals surface area contributed by atoms with Crippen molar-refractivity contribution in [3.05, 3.63) is 23.8 Å². The van der Waals surface area contributed by atoms with Crippen LogP contribution in [0, 0.1) is 5.92 Å². The first-order chi connectivity index (χ1) is 18.3. The van der Waals surface area contributed by atoms with E-state index in [0.717, 1.165) is 0 Å². The molecule has 0 aliphatic rings. The van der Waals surface area contributed by atoms with Gasteiger partial charge in [-0.25, -0.2) is 4.79 Å². The number of alkyl carbamates (subject to hydrolysis) is 1. The van der Waals surface area contributed by atoms with Gasteiger partial charge in [0.2, 0.25) is 11.8 Å². The Morgan fingerprint density at radius 2 is 1.67 bits per heavy atom. The first-order valence-corrected chi connectivity index (χ1v) is 13.1. The van der Waals surface area contributed by atoms with Crippen LogP contribution in [0.2, 0.25) is 0 Å². The van der Waals surface area contributed by atoms with Gasteiger partial charge < -0.3 is 40.4 Å². The van der Waals surface area contributed by atoms with Crippen LogP contribution >= 0.6 is 0 Å². The lowest BCUT2D eigenvalue weighted by Gasteiger charge is -2.25. The Balaban J connectivity index is 2.59. The smallest absolute Gasteiger partial charge is 0.407 e. The molecule has 0 heterocycles. The highest BCUT2D eigenvalue weighted by Gasteiger charge is 2.24. The molecule has 220 valence electrons. The Kier molecular flexibility index (Phi) is 14.9. The summed E-state index contributed by atoms with van der Waals surface area (Å²) in [5, 5.41) is 27.6. The number of nitrogens with one attached hydrogen (secondary N) is 3. The van der Waals surface area contributed by atoms with Crippen LogP contribution in [0.3, 0.4) is 0 Å². The van der Waals surface area contributed by atoms with Crippen molar-refractivity contribution in [3.63, 3.8) is 0 Å². The van der Waals surface area contributed by atoms with Crippen molar-refractivity contribution in [2.24, 2.45) is 5.92 Å². The first kappa shape index (κ1) is 33.6. The summed E-state index contributed by atoms with van der Waals surface area (Å²) in [4.78, 5) is 47.2. The second kappa shape index (κ2) is 17.3. The number of ether oxygens (including phenoxy) is 3. The number of anilines is 1. The lowest BCUT2D eigenvalue weighted by molar-refractivity contribution is -0.141. The molecular weight excluding hydrogens is 510 g/mol. The van der Waals surface area contributed by atoms with Crippen LogP contribution in [0.25, 0.3) is 0 Å². The average Bonchev–Trinajstić information content (AvgIpc) is 2.83. The largest absolute Gasteiger partial charge is 0.506 e. The minimum Gasteiger partial charge on any atom is -0.506 e. The van der Waals surface area contributed by atoms with Gasteiger partial charge in [-0.1, -0.05) is 19.9 Å². The molecule has 0 radical (unpaired) electrons. The van der Waals surface area contributed by atoms with E-state index < -0.39 is 29.6 Å². The minimum atomic E-state index is -0.987. The molecule has 1 aromatic rings. The third-order valence-corrected chi connectivity index (χ3v) is 5.33. The highest BCUT2D eigenvalue weighted by atomic mass is 16.6. The summed E-state index contributed by atoms with van der Waals surface area (Å²) in [6, 6.07) is 4.08. The number of phenolic OH excluding ortho intramolecular Hbond substituents is 1. The predicted molar refractivity (Wildman–Crippen MR) is 145 cm³/mol. The minimum absolute atomic E-state index is 0.0393. The molecule has 1 aromatic carbocycles. The van der Waals surface area contributed by atoms with Crippen LogP contribution in [0.1, 0.15) is 59.4 Å². The molecule has 2 atom stereocenters. The van der Waals surface area contributed by atoms with Gasteiger partial charge in [-0.3, -0.25) is 14.4 Å². The highest BCUT2D eigenvalue weighted by molar-refractivity contribution is 5.92. The van der Waals surface area contributed by atoms with Gasteiger partial charge in [-0.2, -0.15) is 0 Å². The van der Waals surface area contributed by atoms with Crippen molar-refractivity contribution in [1.29, 1.82) is 0 Å².